The lowest BCUT2D eigenvalue weighted by atomic mass is 10.1. The van der Waals surface area contributed by atoms with Crippen LogP contribution < -0.4 is 14.5 Å². The Balaban J connectivity index is 0.000000167. The SMILES string of the molecule is COc1ccc(CCN2CCN(c3nc(-c4ccc(C)nc4)ns3)CC2)cc1.Cc1ccc(-c2nsc(N3CCN(CCc4ccccc4)CC3)n2)cn1. The average molecular weight is 761 g/mol. The van der Waals surface area contributed by atoms with Crippen molar-refractivity contribution >= 4 is 33.3 Å². The summed E-state index contributed by atoms with van der Waals surface area (Å²) in [5.74, 6) is 2.47. The summed E-state index contributed by atoms with van der Waals surface area (Å²) >= 11 is 2.96. The Bertz CT molecular complexity index is 2000. The number of nitrogens with zero attached hydrogens (tertiary/aromatic N) is 10. The minimum atomic E-state index is 0.773. The Kier molecular flexibility index (Phi) is 12.8. The number of pyridine rings is 2. The van der Waals surface area contributed by atoms with Crippen molar-refractivity contribution in [3.8, 4) is 28.5 Å². The Morgan fingerprint density at radius 3 is 1.44 bits per heavy atom. The molecule has 0 bridgehead atoms. The van der Waals surface area contributed by atoms with Crippen molar-refractivity contribution in [2.45, 2.75) is 26.7 Å². The molecule has 8 rings (SSSR count). The molecular formula is C41H48N10OS2. The highest BCUT2D eigenvalue weighted by molar-refractivity contribution is 7.10. The summed E-state index contributed by atoms with van der Waals surface area (Å²) in [6.07, 6.45) is 5.87. The number of benzene rings is 2. The van der Waals surface area contributed by atoms with E-state index >= 15 is 0 Å². The fourth-order valence-electron chi connectivity index (χ4n) is 6.46. The number of aromatic nitrogens is 6. The largest absolute Gasteiger partial charge is 0.497 e. The van der Waals surface area contributed by atoms with Crippen molar-refractivity contribution < 1.29 is 4.74 Å². The third-order valence-electron chi connectivity index (χ3n) is 9.89. The molecule has 6 aromatic rings. The maximum atomic E-state index is 5.22. The zero-order valence-electron chi connectivity index (χ0n) is 31.3. The van der Waals surface area contributed by atoms with Crippen molar-refractivity contribution in [2.75, 3.05) is 82.4 Å². The Morgan fingerprint density at radius 1 is 0.556 bits per heavy atom. The molecule has 2 aliphatic rings. The van der Waals surface area contributed by atoms with E-state index in [1.54, 1.807) is 7.11 Å². The third-order valence-corrected chi connectivity index (χ3v) is 11.4. The van der Waals surface area contributed by atoms with Crippen LogP contribution in [0.4, 0.5) is 10.3 Å². The molecule has 2 aromatic carbocycles. The quantitative estimate of drug-likeness (QED) is 0.144. The first-order valence-electron chi connectivity index (χ1n) is 18.6. The van der Waals surface area contributed by atoms with Crippen molar-refractivity contribution in [2.24, 2.45) is 0 Å². The topological polar surface area (TPSA) is 99.5 Å². The predicted molar refractivity (Wildman–Crippen MR) is 220 cm³/mol. The third kappa shape index (κ3) is 10.2. The molecule has 0 spiro atoms. The van der Waals surface area contributed by atoms with Crippen molar-refractivity contribution in [1.29, 1.82) is 0 Å². The molecule has 0 atom stereocenters. The van der Waals surface area contributed by atoms with Crippen LogP contribution in [0.25, 0.3) is 22.8 Å². The smallest absolute Gasteiger partial charge is 0.205 e. The van der Waals surface area contributed by atoms with Gasteiger partial charge in [0.1, 0.15) is 5.75 Å². The second-order valence-electron chi connectivity index (χ2n) is 13.7. The van der Waals surface area contributed by atoms with Crippen LogP contribution >= 0.6 is 23.1 Å². The van der Waals surface area contributed by atoms with Gasteiger partial charge in [0.15, 0.2) is 11.6 Å². The maximum Gasteiger partial charge on any atom is 0.205 e. The molecule has 0 amide bonds. The van der Waals surface area contributed by atoms with Crippen LogP contribution in [0.15, 0.2) is 91.3 Å². The molecule has 0 aliphatic carbocycles. The number of piperazine rings is 2. The molecule has 0 saturated carbocycles. The molecule has 0 N–H and O–H groups in total. The second kappa shape index (κ2) is 18.5. The highest BCUT2D eigenvalue weighted by Crippen LogP contribution is 2.26. The van der Waals surface area contributed by atoms with Gasteiger partial charge in [0.05, 0.1) is 7.11 Å². The molecule has 54 heavy (non-hydrogen) atoms. The molecule has 2 saturated heterocycles. The molecule has 0 unspecified atom stereocenters. The summed E-state index contributed by atoms with van der Waals surface area (Å²) in [4.78, 5) is 27.9. The fourth-order valence-corrected chi connectivity index (χ4v) is 7.94. The second-order valence-corrected chi connectivity index (χ2v) is 15.1. The van der Waals surface area contributed by atoms with Crippen LogP contribution in [0.3, 0.4) is 0 Å². The van der Waals surface area contributed by atoms with Gasteiger partial charge in [0.2, 0.25) is 10.3 Å². The molecule has 0 radical (unpaired) electrons. The zero-order chi connectivity index (χ0) is 37.1. The van der Waals surface area contributed by atoms with E-state index in [0.717, 1.165) is 128 Å². The van der Waals surface area contributed by atoms with E-state index in [0.29, 0.717) is 0 Å². The van der Waals surface area contributed by atoms with Gasteiger partial charge in [-0.15, -0.1) is 0 Å². The number of methoxy groups -OCH3 is 1. The molecular weight excluding hydrogens is 713 g/mol. The lowest BCUT2D eigenvalue weighted by Crippen LogP contribution is -2.47. The summed E-state index contributed by atoms with van der Waals surface area (Å²) in [5, 5.41) is 2.02. The van der Waals surface area contributed by atoms with E-state index in [9.17, 15) is 0 Å². The summed E-state index contributed by atoms with van der Waals surface area (Å²) < 4.78 is 14.3. The van der Waals surface area contributed by atoms with E-state index in [2.05, 4.69) is 80.8 Å². The Morgan fingerprint density at radius 2 is 1.02 bits per heavy atom. The number of ether oxygens (including phenoxy) is 1. The molecule has 2 aliphatic heterocycles. The average Bonchev–Trinajstić information content (AvgIpc) is 3.93. The van der Waals surface area contributed by atoms with Crippen LogP contribution in [0.5, 0.6) is 5.75 Å². The fraction of sp³-hybridized carbons (Fsp3) is 0.366. The standard InChI is InChI=1S/C21H25N5OS.C20H23N5S/c1-16-3-6-18(15-22-16)20-23-21(28-24-20)26-13-11-25(12-14-26)10-9-17-4-7-19(27-2)8-5-17;1-16-7-8-18(15-21-16)19-22-20(26-23-19)25-13-11-24(12-14-25)10-9-17-5-3-2-4-6-17/h3-8,15H,9-14H2,1-2H3;2-8,15H,9-14H2,1H3. The molecule has 11 nitrogen and oxygen atoms in total. The van der Waals surface area contributed by atoms with Gasteiger partial charge in [-0.25, -0.2) is 0 Å². The molecule has 13 heteroatoms. The van der Waals surface area contributed by atoms with E-state index in [-0.39, 0.29) is 0 Å². The highest BCUT2D eigenvalue weighted by atomic mass is 32.1. The lowest BCUT2D eigenvalue weighted by molar-refractivity contribution is 0.261. The van der Waals surface area contributed by atoms with Crippen LogP contribution in [-0.2, 0) is 12.8 Å². The van der Waals surface area contributed by atoms with Gasteiger partial charge < -0.3 is 14.5 Å². The Hall–Kier alpha value is -4.82. The lowest BCUT2D eigenvalue weighted by Gasteiger charge is -2.34. The summed E-state index contributed by atoms with van der Waals surface area (Å²) in [6.45, 7) is 14.4. The van der Waals surface area contributed by atoms with Crippen LogP contribution in [0.1, 0.15) is 22.5 Å². The van der Waals surface area contributed by atoms with Gasteiger partial charge in [-0.3, -0.25) is 19.8 Å². The van der Waals surface area contributed by atoms with Gasteiger partial charge in [-0.2, -0.15) is 18.7 Å². The van der Waals surface area contributed by atoms with Crippen LogP contribution in [0.2, 0.25) is 0 Å². The molecule has 2 fully saturated rings. The van der Waals surface area contributed by atoms with E-state index < -0.39 is 0 Å². The van der Waals surface area contributed by atoms with Crippen molar-refractivity contribution in [3.63, 3.8) is 0 Å². The molecule has 6 heterocycles. The number of rotatable bonds is 11. The van der Waals surface area contributed by atoms with Crippen molar-refractivity contribution in [3.05, 3.63) is 114 Å². The summed E-state index contributed by atoms with van der Waals surface area (Å²) in [6, 6.07) is 27.2. The molecule has 280 valence electrons. The first-order chi connectivity index (χ1) is 26.5. The van der Waals surface area contributed by atoms with Gasteiger partial charge in [-0.1, -0.05) is 42.5 Å². The first-order valence-corrected chi connectivity index (χ1v) is 20.2. The van der Waals surface area contributed by atoms with E-state index in [1.807, 2.05) is 62.6 Å². The minimum Gasteiger partial charge on any atom is -0.497 e. The number of hydrogen-bond acceptors (Lipinski definition) is 13. The molecule has 4 aromatic heterocycles. The van der Waals surface area contributed by atoms with Gasteiger partial charge in [0.25, 0.3) is 0 Å². The van der Waals surface area contributed by atoms with Crippen molar-refractivity contribution in [1.82, 2.24) is 38.5 Å². The van der Waals surface area contributed by atoms with Gasteiger partial charge >= 0.3 is 0 Å². The monoisotopic (exact) mass is 760 g/mol. The van der Waals surface area contributed by atoms with Gasteiger partial charge in [0, 0.05) is 123 Å². The van der Waals surface area contributed by atoms with E-state index in [4.69, 9.17) is 14.7 Å². The van der Waals surface area contributed by atoms with E-state index in [1.165, 1.54) is 34.2 Å². The summed E-state index contributed by atoms with van der Waals surface area (Å²) in [7, 11) is 1.70. The predicted octanol–water partition coefficient (Wildman–Crippen LogP) is 6.56. The first kappa shape index (κ1) is 37.5. The van der Waals surface area contributed by atoms with Crippen LogP contribution in [0, 0.1) is 13.8 Å². The summed E-state index contributed by atoms with van der Waals surface area (Å²) in [5.41, 5.74) is 6.74. The number of anilines is 2. The van der Waals surface area contributed by atoms with Crippen LogP contribution in [-0.4, -0.2) is 111 Å². The van der Waals surface area contributed by atoms with Gasteiger partial charge in [-0.05, 0) is 74.2 Å². The maximum absolute atomic E-state index is 5.22. The Labute approximate surface area is 326 Å². The number of hydrogen-bond donors (Lipinski definition) is 0. The zero-order valence-corrected chi connectivity index (χ0v) is 33.0. The minimum absolute atomic E-state index is 0.773. The number of aryl methyl sites for hydroxylation is 2. The normalized spacial score (nSPS) is 15.2. The highest BCUT2D eigenvalue weighted by Gasteiger charge is 2.22.